The molecule has 1 aromatic heterocycles. The third-order valence-electron chi connectivity index (χ3n) is 3.77. The third kappa shape index (κ3) is 3.16. The number of fused-ring (bicyclic) bond motifs is 1. The average Bonchev–Trinajstić information content (AvgIpc) is 2.56. The number of pyridine rings is 1. The molecule has 0 fully saturated rings. The van der Waals surface area contributed by atoms with Crippen LogP contribution in [0.4, 0.5) is 5.82 Å². The van der Waals surface area contributed by atoms with Crippen molar-refractivity contribution in [3.05, 3.63) is 65.2 Å². The van der Waals surface area contributed by atoms with Gasteiger partial charge in [0.15, 0.2) is 0 Å². The molecule has 0 saturated carbocycles. The zero-order valence-corrected chi connectivity index (χ0v) is 13.5. The molecule has 1 N–H and O–H groups in total. The van der Waals surface area contributed by atoms with Crippen molar-refractivity contribution in [3.63, 3.8) is 0 Å². The highest BCUT2D eigenvalue weighted by molar-refractivity contribution is 5.87. The SMILES string of the molecule is COc1ccccc1/C=N/Nc1cc(C)c2cccc(C)c2n1. The largest absolute Gasteiger partial charge is 0.496 e. The summed E-state index contributed by atoms with van der Waals surface area (Å²) in [6.07, 6.45) is 1.73. The Morgan fingerprint density at radius 1 is 1.04 bits per heavy atom. The van der Waals surface area contributed by atoms with E-state index in [-0.39, 0.29) is 0 Å². The fourth-order valence-electron chi connectivity index (χ4n) is 2.56. The molecule has 0 bridgehead atoms. The maximum absolute atomic E-state index is 5.31. The van der Waals surface area contributed by atoms with Crippen molar-refractivity contribution in [2.24, 2.45) is 5.10 Å². The fourth-order valence-corrected chi connectivity index (χ4v) is 2.56. The molecule has 0 aliphatic rings. The van der Waals surface area contributed by atoms with Crippen LogP contribution in [-0.2, 0) is 0 Å². The standard InChI is InChI=1S/C19H19N3O/c1-13-7-6-9-16-14(2)11-18(21-19(13)16)22-20-12-15-8-4-5-10-17(15)23-3/h4-12H,1-3H3,(H,21,22)/b20-12+. The van der Waals surface area contributed by atoms with Gasteiger partial charge >= 0.3 is 0 Å². The molecule has 3 aromatic rings. The van der Waals surface area contributed by atoms with Crippen LogP contribution >= 0.6 is 0 Å². The molecule has 3 rings (SSSR count). The minimum Gasteiger partial charge on any atom is -0.496 e. The molecule has 0 aliphatic carbocycles. The second-order valence-corrected chi connectivity index (χ2v) is 5.41. The number of aromatic nitrogens is 1. The van der Waals surface area contributed by atoms with Gasteiger partial charge in [0.1, 0.15) is 11.6 Å². The second-order valence-electron chi connectivity index (χ2n) is 5.41. The first-order valence-electron chi connectivity index (χ1n) is 7.48. The highest BCUT2D eigenvalue weighted by Gasteiger charge is 2.04. The summed E-state index contributed by atoms with van der Waals surface area (Å²) in [6.45, 7) is 4.15. The number of anilines is 1. The molecule has 0 radical (unpaired) electrons. The first kappa shape index (κ1) is 15.0. The number of nitrogens with zero attached hydrogens (tertiary/aromatic N) is 2. The Labute approximate surface area is 135 Å². The number of benzene rings is 2. The minimum atomic E-state index is 0.732. The van der Waals surface area contributed by atoms with Gasteiger partial charge in [-0.25, -0.2) is 4.98 Å². The highest BCUT2D eigenvalue weighted by atomic mass is 16.5. The van der Waals surface area contributed by atoms with Crippen LogP contribution < -0.4 is 10.2 Å². The summed E-state index contributed by atoms with van der Waals surface area (Å²) in [5.74, 6) is 1.52. The van der Waals surface area contributed by atoms with Crippen LogP contribution in [0.5, 0.6) is 5.75 Å². The van der Waals surface area contributed by atoms with Gasteiger partial charge in [0, 0.05) is 10.9 Å². The van der Waals surface area contributed by atoms with Gasteiger partial charge in [0.25, 0.3) is 0 Å². The molecule has 0 spiro atoms. The predicted molar refractivity (Wildman–Crippen MR) is 95.4 cm³/mol. The fraction of sp³-hybridized carbons (Fsp3) is 0.158. The molecule has 116 valence electrons. The monoisotopic (exact) mass is 305 g/mol. The van der Waals surface area contributed by atoms with Crippen LogP contribution in [0.3, 0.4) is 0 Å². The molecule has 0 atom stereocenters. The van der Waals surface area contributed by atoms with Gasteiger partial charge < -0.3 is 4.74 Å². The van der Waals surface area contributed by atoms with E-state index >= 15 is 0 Å². The van der Waals surface area contributed by atoms with E-state index in [1.807, 2.05) is 30.3 Å². The molecule has 4 nitrogen and oxygen atoms in total. The summed E-state index contributed by atoms with van der Waals surface area (Å²) >= 11 is 0. The van der Waals surface area contributed by atoms with E-state index in [1.165, 1.54) is 10.9 Å². The molecule has 0 unspecified atom stereocenters. The zero-order valence-electron chi connectivity index (χ0n) is 13.5. The van der Waals surface area contributed by atoms with Gasteiger partial charge in [0.2, 0.25) is 0 Å². The topological polar surface area (TPSA) is 46.5 Å². The number of hydrogen-bond donors (Lipinski definition) is 1. The molecular formula is C19H19N3O. The first-order chi connectivity index (χ1) is 11.2. The molecular weight excluding hydrogens is 286 g/mol. The highest BCUT2D eigenvalue weighted by Crippen LogP contribution is 2.23. The van der Waals surface area contributed by atoms with Gasteiger partial charge in [-0.15, -0.1) is 0 Å². The summed E-state index contributed by atoms with van der Waals surface area (Å²) in [4.78, 5) is 4.65. The summed E-state index contributed by atoms with van der Waals surface area (Å²) in [6, 6.07) is 16.0. The van der Waals surface area contributed by atoms with E-state index in [0.717, 1.165) is 28.2 Å². The summed E-state index contributed by atoms with van der Waals surface area (Å²) in [5, 5.41) is 5.45. The van der Waals surface area contributed by atoms with Crippen LogP contribution in [0.2, 0.25) is 0 Å². The zero-order chi connectivity index (χ0) is 16.2. The van der Waals surface area contributed by atoms with Gasteiger partial charge in [-0.2, -0.15) is 5.10 Å². The summed E-state index contributed by atoms with van der Waals surface area (Å²) < 4.78 is 5.31. The molecule has 4 heteroatoms. The van der Waals surface area contributed by atoms with Gasteiger partial charge in [-0.05, 0) is 43.2 Å². The number of hydrazone groups is 1. The lowest BCUT2D eigenvalue weighted by Crippen LogP contribution is -1.97. The number of hydrogen-bond acceptors (Lipinski definition) is 4. The lowest BCUT2D eigenvalue weighted by Gasteiger charge is -2.08. The molecule has 0 amide bonds. The molecule has 0 saturated heterocycles. The maximum Gasteiger partial charge on any atom is 0.147 e. The number of methoxy groups -OCH3 is 1. The van der Waals surface area contributed by atoms with E-state index in [9.17, 15) is 0 Å². The Morgan fingerprint density at radius 2 is 1.87 bits per heavy atom. The molecule has 1 heterocycles. The predicted octanol–water partition coefficient (Wildman–Crippen LogP) is 4.31. The normalized spacial score (nSPS) is 11.1. The van der Waals surface area contributed by atoms with Crippen LogP contribution in [0.15, 0.2) is 53.6 Å². The van der Waals surface area contributed by atoms with E-state index in [4.69, 9.17) is 4.74 Å². The Balaban J connectivity index is 1.87. The van der Waals surface area contributed by atoms with Gasteiger partial charge in [0.05, 0.1) is 18.8 Å². The van der Waals surface area contributed by atoms with Gasteiger partial charge in [-0.1, -0.05) is 30.3 Å². The Bertz CT molecular complexity index is 872. The maximum atomic E-state index is 5.31. The minimum absolute atomic E-state index is 0.732. The Kier molecular flexibility index (Phi) is 4.24. The third-order valence-corrected chi connectivity index (χ3v) is 3.77. The quantitative estimate of drug-likeness (QED) is 0.577. The van der Waals surface area contributed by atoms with Crippen molar-refractivity contribution < 1.29 is 4.74 Å². The van der Waals surface area contributed by atoms with Crippen molar-refractivity contribution >= 4 is 22.9 Å². The molecule has 23 heavy (non-hydrogen) atoms. The van der Waals surface area contributed by atoms with Crippen molar-refractivity contribution in [2.75, 3.05) is 12.5 Å². The van der Waals surface area contributed by atoms with Crippen molar-refractivity contribution in [1.29, 1.82) is 0 Å². The Morgan fingerprint density at radius 3 is 2.70 bits per heavy atom. The van der Waals surface area contributed by atoms with E-state index < -0.39 is 0 Å². The van der Waals surface area contributed by atoms with E-state index in [1.54, 1.807) is 13.3 Å². The van der Waals surface area contributed by atoms with Crippen LogP contribution in [-0.4, -0.2) is 18.3 Å². The van der Waals surface area contributed by atoms with Crippen LogP contribution in [0.25, 0.3) is 10.9 Å². The smallest absolute Gasteiger partial charge is 0.147 e. The summed E-state index contributed by atoms with van der Waals surface area (Å²) in [5.41, 5.74) is 7.25. The number of nitrogens with one attached hydrogen (secondary N) is 1. The number of aryl methyl sites for hydroxylation is 2. The van der Waals surface area contributed by atoms with Crippen LogP contribution in [0, 0.1) is 13.8 Å². The van der Waals surface area contributed by atoms with Crippen molar-refractivity contribution in [1.82, 2.24) is 4.98 Å². The molecule has 2 aromatic carbocycles. The van der Waals surface area contributed by atoms with E-state index in [2.05, 4.69) is 47.6 Å². The average molecular weight is 305 g/mol. The molecule has 0 aliphatic heterocycles. The lowest BCUT2D eigenvalue weighted by molar-refractivity contribution is 0.414. The number of rotatable bonds is 4. The Hall–Kier alpha value is -2.88. The van der Waals surface area contributed by atoms with Gasteiger partial charge in [-0.3, -0.25) is 5.43 Å². The second kappa shape index (κ2) is 6.48. The number of ether oxygens (including phenoxy) is 1. The van der Waals surface area contributed by atoms with Crippen molar-refractivity contribution in [3.8, 4) is 5.75 Å². The number of para-hydroxylation sites is 2. The summed E-state index contributed by atoms with van der Waals surface area (Å²) in [7, 11) is 1.65. The van der Waals surface area contributed by atoms with Crippen molar-refractivity contribution in [2.45, 2.75) is 13.8 Å². The van der Waals surface area contributed by atoms with E-state index in [0.29, 0.717) is 0 Å². The lowest BCUT2D eigenvalue weighted by atomic mass is 10.1. The first-order valence-corrected chi connectivity index (χ1v) is 7.48. The van der Waals surface area contributed by atoms with Crippen LogP contribution in [0.1, 0.15) is 16.7 Å².